The van der Waals surface area contributed by atoms with Crippen molar-refractivity contribution in [2.75, 3.05) is 139 Å². The first-order valence-corrected chi connectivity index (χ1v) is 39.5. The highest BCUT2D eigenvalue weighted by atomic mass is 16.8. The van der Waals surface area contributed by atoms with E-state index in [0.717, 1.165) is 0 Å². The van der Waals surface area contributed by atoms with Crippen molar-refractivity contribution in [3.05, 3.63) is 35.7 Å². The molecule has 30 atom stereocenters. The molecule has 21 N–H and O–H groups in total. The first-order valence-electron chi connectivity index (χ1n) is 39.5. The lowest BCUT2D eigenvalue weighted by molar-refractivity contribution is -0.304. The normalized spacial score (nSPS) is 35.6. The zero-order valence-corrected chi connectivity index (χ0v) is 65.4. The Morgan fingerprint density at radius 1 is 0.325 bits per heavy atom. The molecule has 3 amide bonds. The molecule has 51 nitrogen and oxygen atoms in total. The second-order valence-corrected chi connectivity index (χ2v) is 29.1. The van der Waals surface area contributed by atoms with E-state index in [-0.39, 0.29) is 157 Å². The summed E-state index contributed by atoms with van der Waals surface area (Å²) in [5.74, 6) is -2.09. The van der Waals surface area contributed by atoms with Crippen molar-refractivity contribution in [1.82, 2.24) is 60.9 Å². The summed E-state index contributed by atoms with van der Waals surface area (Å²) in [5.41, 5.74) is 1.13. The molecule has 684 valence electrons. The van der Waals surface area contributed by atoms with Gasteiger partial charge < -0.3 is 193 Å². The Morgan fingerprint density at radius 2 is 0.575 bits per heavy atom. The van der Waals surface area contributed by atoms with Crippen molar-refractivity contribution in [2.24, 2.45) is 0 Å². The van der Waals surface area contributed by atoms with Gasteiger partial charge in [-0.25, -0.2) is 14.0 Å². The number of nitrogens with one attached hydrogen (secondary N) is 3. The Bertz CT molecular complexity index is 3110. The number of carbonyl (C=O) groups excluding carboxylic acids is 3. The van der Waals surface area contributed by atoms with Gasteiger partial charge in [0.05, 0.1) is 175 Å². The molecule has 7 fully saturated rings. The molecule has 7 saturated heterocycles. The summed E-state index contributed by atoms with van der Waals surface area (Å²) in [6.07, 6.45) is -38.4. The summed E-state index contributed by atoms with van der Waals surface area (Å²) in [5, 5.41) is 222. The second kappa shape index (κ2) is 48.8. The van der Waals surface area contributed by atoms with E-state index in [1.54, 1.807) is 18.6 Å². The van der Waals surface area contributed by atoms with Gasteiger partial charge >= 0.3 is 0 Å². The monoisotopic (exact) mass is 1730 g/mol. The number of hydrogen-bond acceptors (Lipinski definition) is 45. The van der Waals surface area contributed by atoms with Crippen LogP contribution in [0.15, 0.2) is 18.6 Å². The first kappa shape index (κ1) is 96.6. The van der Waals surface area contributed by atoms with Crippen LogP contribution in [-0.4, -0.2) is 477 Å². The molecule has 10 rings (SSSR count). The van der Waals surface area contributed by atoms with Gasteiger partial charge in [-0.15, -0.1) is 15.3 Å². The summed E-state index contributed by atoms with van der Waals surface area (Å²) in [6.45, 7) is -1.72. The fourth-order valence-electron chi connectivity index (χ4n) is 13.6. The van der Waals surface area contributed by atoms with Gasteiger partial charge in [0.2, 0.25) is 17.7 Å². The molecule has 0 saturated carbocycles. The van der Waals surface area contributed by atoms with Gasteiger partial charge in [-0.05, 0) is 0 Å². The Labute approximate surface area is 684 Å². The van der Waals surface area contributed by atoms with Gasteiger partial charge in [0.15, 0.2) is 37.7 Å². The highest BCUT2D eigenvalue weighted by molar-refractivity contribution is 5.77. The molecule has 0 spiro atoms. The average molecular weight is 1740 g/mol. The quantitative estimate of drug-likeness (QED) is 0.0234. The Balaban J connectivity index is 0.710. The molecule has 0 aliphatic carbocycles. The number of fused-ring (bicyclic) bond motifs is 6. The number of nitrogens with zero attached hydrogens (tertiary/aromatic N) is 9. The number of rotatable bonds is 45. The third kappa shape index (κ3) is 27.5. The molecule has 7 aliphatic heterocycles. The number of carbonyl (C=O) groups is 3. The van der Waals surface area contributed by atoms with E-state index < -0.39 is 241 Å². The lowest BCUT2D eigenvalue weighted by Crippen LogP contribution is -2.67. The molecule has 6 bridgehead atoms. The minimum Gasteiger partial charge on any atom is -0.394 e. The third-order valence-electron chi connectivity index (χ3n) is 20.5. The number of hydrogen-bond donors (Lipinski definition) is 21. The lowest BCUT2D eigenvalue weighted by Gasteiger charge is -2.45. The van der Waals surface area contributed by atoms with Crippen LogP contribution in [0.3, 0.4) is 0 Å². The predicted octanol–water partition coefficient (Wildman–Crippen LogP) is -14.9. The maximum Gasteiger partial charge on any atom is 0.220 e. The van der Waals surface area contributed by atoms with Crippen LogP contribution >= 0.6 is 0 Å². The largest absolute Gasteiger partial charge is 0.394 e. The van der Waals surface area contributed by atoms with Gasteiger partial charge in [0, 0.05) is 57.1 Å². The number of aliphatic hydroxyl groups excluding tert-OH is 18. The van der Waals surface area contributed by atoms with Crippen molar-refractivity contribution >= 4 is 17.7 Å². The molecular formula is C69H114N12O39. The minimum absolute atomic E-state index is 0.0152. The number of aryl methyl sites for hydroxylation is 3. The van der Waals surface area contributed by atoms with Gasteiger partial charge in [-0.3, -0.25) is 14.4 Å². The van der Waals surface area contributed by atoms with Crippen LogP contribution in [0.5, 0.6) is 0 Å². The second-order valence-electron chi connectivity index (χ2n) is 29.1. The van der Waals surface area contributed by atoms with Crippen LogP contribution in [0.4, 0.5) is 0 Å². The number of aliphatic hydroxyl groups is 18. The van der Waals surface area contributed by atoms with Crippen LogP contribution in [-0.2, 0) is 139 Å². The Hall–Kier alpha value is -5.61. The van der Waals surface area contributed by atoms with Crippen LogP contribution in [0.2, 0.25) is 0 Å². The van der Waals surface area contributed by atoms with Crippen LogP contribution in [0.1, 0.15) is 36.3 Å². The van der Waals surface area contributed by atoms with E-state index in [4.69, 9.17) is 85.3 Å². The van der Waals surface area contributed by atoms with Gasteiger partial charge in [-0.2, -0.15) is 0 Å². The van der Waals surface area contributed by atoms with E-state index in [0.29, 0.717) is 17.1 Å². The maximum atomic E-state index is 13.8. The maximum absolute atomic E-state index is 13.8. The summed E-state index contributed by atoms with van der Waals surface area (Å²) in [4.78, 5) is 41.5. The smallest absolute Gasteiger partial charge is 0.220 e. The molecule has 51 heteroatoms. The molecule has 0 aromatic carbocycles. The fraction of sp³-hybridized carbons (Fsp3) is 0.870. The summed E-state index contributed by atoms with van der Waals surface area (Å²) < 4.78 is 107. The van der Waals surface area contributed by atoms with Crippen molar-refractivity contribution in [2.45, 2.75) is 242 Å². The van der Waals surface area contributed by atoms with E-state index in [9.17, 15) is 106 Å². The number of amides is 3. The van der Waals surface area contributed by atoms with Crippen LogP contribution in [0.25, 0.3) is 0 Å². The van der Waals surface area contributed by atoms with Crippen molar-refractivity contribution in [3.63, 3.8) is 0 Å². The standard InChI is InChI=1S/C69H114N12O39/c82-28-37-49(88)58(97)61(100)67(115-37)109-22-19-106-16-13-103-10-7-79-25-34(73-76-79)1-4-43(85)70-46-55(94)52(91)40-32-113-65-48(72-45(87)6-3-36-27-81(78-75-36)9-12-105-15-18-108-21-24-111-69-63(102)60(99)51(90)39(30-84)117-69)57(96)54(93)42(120-65)33-114-66-47(56(95)53(92)41(119-66)31-112-64(46)118-40)71-44(86)5-2-35-26-80(77-74-35)8-11-104-14-17-107-20-23-110-68-62(101)59(98)50(89)38(29-83)116-68/h25-27,37-42,46-69,82-84,88-102H,1-24,28-33H2,(H,70,85)(H,71,86)(H,72,87)/t37-,38-,39-,40-,41-,42-,46-,47-,48-,49-,50-,51-,52-,53-,54-,55-,56-,57-,58+,59+,60+,61+,62+,63+,64-,65-,66-,67+,68+,69+/m1/s1. The van der Waals surface area contributed by atoms with Crippen LogP contribution in [0, 0.1) is 0 Å². The highest BCUT2D eigenvalue weighted by Crippen LogP contribution is 2.32. The first-order chi connectivity index (χ1) is 57.8. The molecule has 0 unspecified atom stereocenters. The highest BCUT2D eigenvalue weighted by Gasteiger charge is 2.54. The van der Waals surface area contributed by atoms with Crippen molar-refractivity contribution < 1.29 is 192 Å². The van der Waals surface area contributed by atoms with E-state index in [1.807, 2.05) is 0 Å². The Kier molecular flexibility index (Phi) is 39.3. The van der Waals surface area contributed by atoms with Crippen molar-refractivity contribution in [1.29, 1.82) is 0 Å². The topological polar surface area (TPSA) is 710 Å². The van der Waals surface area contributed by atoms with E-state index >= 15 is 0 Å². The summed E-state index contributed by atoms with van der Waals surface area (Å²) >= 11 is 0. The third-order valence-corrected chi connectivity index (χ3v) is 20.5. The fourth-order valence-corrected chi connectivity index (χ4v) is 13.6. The SMILES string of the molecule is O=C(CCc1cn(CCOCCOCCO[C@H]2O[C@H](CO)[C@@H](O)[C@H](O)[C@@H]2O)nn1)N[C@H]1[C@@H]2OC[C@H]3O[C@@H](OC[C@H]4O[C@@H](OC[C@@H](O2)[C@@H](O)[C@@H]1O)[C@H](NC(=O)CCc1cn(CCOCCOCCO[C@H]2O[C@H](CO)[C@@H](O)[C@H](O)[C@@H]2O)nn1)[C@@H](O)[C@@H]4O)[C@H](NC(=O)CCc1cn(CCOCCOCCO[C@H]2O[C@H](CO)[C@@H](O)[C@H](O)[C@@H]2O)nn1)[C@@H](O)[C@@H]3O. The van der Waals surface area contributed by atoms with Gasteiger partial charge in [0.25, 0.3) is 0 Å². The van der Waals surface area contributed by atoms with Crippen molar-refractivity contribution in [3.8, 4) is 0 Å². The molecule has 0 radical (unpaired) electrons. The van der Waals surface area contributed by atoms with E-state index in [2.05, 4.69) is 46.9 Å². The van der Waals surface area contributed by atoms with E-state index in [1.165, 1.54) is 14.0 Å². The lowest BCUT2D eigenvalue weighted by atomic mass is 9.95. The molecule has 3 aromatic heterocycles. The molecule has 120 heavy (non-hydrogen) atoms. The zero-order chi connectivity index (χ0) is 85.9. The predicted molar refractivity (Wildman–Crippen MR) is 385 cm³/mol. The van der Waals surface area contributed by atoms with Crippen LogP contribution < -0.4 is 16.0 Å². The summed E-state index contributed by atoms with van der Waals surface area (Å²) in [7, 11) is 0. The zero-order valence-electron chi connectivity index (χ0n) is 65.4. The molecule has 7 aliphatic rings. The minimum atomic E-state index is -1.90. The van der Waals surface area contributed by atoms with Gasteiger partial charge in [-0.1, -0.05) is 15.6 Å². The van der Waals surface area contributed by atoms with Gasteiger partial charge in [0.1, 0.15) is 146 Å². The number of aromatic nitrogens is 9. The molecule has 10 heterocycles. The molecule has 3 aromatic rings. The average Bonchev–Trinajstić information content (AvgIpc) is 0.977. The molecular weight excluding hydrogens is 1620 g/mol. The number of ether oxygens (including phenoxy) is 18. The summed E-state index contributed by atoms with van der Waals surface area (Å²) in [6, 6.07) is -4.73. The Morgan fingerprint density at radius 3 is 0.833 bits per heavy atom.